The van der Waals surface area contributed by atoms with Crippen molar-refractivity contribution < 1.29 is 0 Å². The highest BCUT2D eigenvalue weighted by Crippen LogP contribution is 2.15. The molecule has 1 aliphatic heterocycles. The van der Waals surface area contributed by atoms with Gasteiger partial charge in [0.25, 0.3) is 0 Å². The highest BCUT2D eigenvalue weighted by atomic mass is 15.2. The molecule has 1 saturated heterocycles. The van der Waals surface area contributed by atoms with Crippen LogP contribution in [-0.4, -0.2) is 47.1 Å². The van der Waals surface area contributed by atoms with Crippen molar-refractivity contribution in [2.75, 3.05) is 36.8 Å². The molecule has 1 fully saturated rings. The summed E-state index contributed by atoms with van der Waals surface area (Å²) in [5.74, 6) is 1.64. The third-order valence-electron chi connectivity index (χ3n) is 3.47. The standard InChI is InChI=1S/C14H25N5/c1-3-9-19-10-6-12(7-11-19)17-13-5-8-16-14(18-13)15-4-2/h5,8,12H,3-4,6-7,9-11H2,1-2H3,(H2,15,16,17,18). The lowest BCUT2D eigenvalue weighted by Crippen LogP contribution is -2.39. The lowest BCUT2D eigenvalue weighted by molar-refractivity contribution is 0.219. The number of nitrogens with zero attached hydrogens (tertiary/aromatic N) is 3. The van der Waals surface area contributed by atoms with Crippen LogP contribution in [0.25, 0.3) is 0 Å². The van der Waals surface area contributed by atoms with Crippen LogP contribution in [0.4, 0.5) is 11.8 Å². The molecule has 0 radical (unpaired) electrons. The van der Waals surface area contributed by atoms with Crippen molar-refractivity contribution in [2.24, 2.45) is 0 Å². The van der Waals surface area contributed by atoms with Crippen molar-refractivity contribution in [1.29, 1.82) is 0 Å². The zero-order chi connectivity index (χ0) is 13.5. The van der Waals surface area contributed by atoms with Gasteiger partial charge in [-0.15, -0.1) is 0 Å². The summed E-state index contributed by atoms with van der Waals surface area (Å²) in [6.07, 6.45) is 5.44. The lowest BCUT2D eigenvalue weighted by Gasteiger charge is -2.32. The van der Waals surface area contributed by atoms with Gasteiger partial charge in [0.1, 0.15) is 5.82 Å². The van der Waals surface area contributed by atoms with Gasteiger partial charge in [-0.2, -0.15) is 4.98 Å². The Morgan fingerprint density at radius 1 is 1.32 bits per heavy atom. The van der Waals surface area contributed by atoms with E-state index in [1.807, 2.05) is 13.0 Å². The number of anilines is 2. The van der Waals surface area contributed by atoms with Gasteiger partial charge in [0.05, 0.1) is 0 Å². The molecule has 0 aromatic carbocycles. The summed E-state index contributed by atoms with van der Waals surface area (Å²) in [6, 6.07) is 2.48. The third-order valence-corrected chi connectivity index (χ3v) is 3.47. The third kappa shape index (κ3) is 4.35. The van der Waals surface area contributed by atoms with E-state index in [0.29, 0.717) is 12.0 Å². The van der Waals surface area contributed by atoms with Crippen LogP contribution < -0.4 is 10.6 Å². The van der Waals surface area contributed by atoms with Crippen molar-refractivity contribution >= 4 is 11.8 Å². The fourth-order valence-corrected chi connectivity index (χ4v) is 2.51. The smallest absolute Gasteiger partial charge is 0.224 e. The van der Waals surface area contributed by atoms with Gasteiger partial charge >= 0.3 is 0 Å². The van der Waals surface area contributed by atoms with Crippen LogP contribution in [0, 0.1) is 0 Å². The lowest BCUT2D eigenvalue weighted by atomic mass is 10.0. The predicted octanol–water partition coefficient (Wildman–Crippen LogP) is 2.19. The Morgan fingerprint density at radius 2 is 2.11 bits per heavy atom. The molecule has 0 amide bonds. The molecule has 1 aliphatic rings. The van der Waals surface area contributed by atoms with E-state index >= 15 is 0 Å². The van der Waals surface area contributed by atoms with Crippen LogP contribution in [-0.2, 0) is 0 Å². The quantitative estimate of drug-likeness (QED) is 0.824. The molecule has 1 aromatic heterocycles. The Hall–Kier alpha value is -1.36. The summed E-state index contributed by atoms with van der Waals surface area (Å²) in [5, 5.41) is 6.66. The Morgan fingerprint density at radius 3 is 2.79 bits per heavy atom. The molecule has 106 valence electrons. The molecule has 0 bridgehead atoms. The van der Waals surface area contributed by atoms with E-state index in [1.54, 1.807) is 6.20 Å². The van der Waals surface area contributed by atoms with Gasteiger partial charge in [-0.25, -0.2) is 4.98 Å². The molecule has 0 aliphatic carbocycles. The molecule has 0 spiro atoms. The van der Waals surface area contributed by atoms with Crippen molar-refractivity contribution in [3.63, 3.8) is 0 Å². The van der Waals surface area contributed by atoms with E-state index in [0.717, 1.165) is 12.4 Å². The first-order valence-corrected chi connectivity index (χ1v) is 7.37. The Labute approximate surface area is 115 Å². The Bertz CT molecular complexity index is 374. The van der Waals surface area contributed by atoms with Crippen LogP contribution in [0.3, 0.4) is 0 Å². The van der Waals surface area contributed by atoms with Crippen LogP contribution in [0.2, 0.25) is 0 Å². The normalized spacial score (nSPS) is 17.4. The van der Waals surface area contributed by atoms with Gasteiger partial charge in [0, 0.05) is 31.9 Å². The van der Waals surface area contributed by atoms with Gasteiger partial charge in [0.15, 0.2) is 0 Å². The van der Waals surface area contributed by atoms with E-state index in [-0.39, 0.29) is 0 Å². The Balaban J connectivity index is 1.83. The average Bonchev–Trinajstić information content (AvgIpc) is 2.42. The van der Waals surface area contributed by atoms with Crippen molar-refractivity contribution in [3.05, 3.63) is 12.3 Å². The first-order valence-electron chi connectivity index (χ1n) is 7.37. The van der Waals surface area contributed by atoms with E-state index in [4.69, 9.17) is 0 Å². The molecule has 19 heavy (non-hydrogen) atoms. The highest BCUT2D eigenvalue weighted by Gasteiger charge is 2.18. The van der Waals surface area contributed by atoms with E-state index in [2.05, 4.69) is 32.4 Å². The number of likely N-dealkylation sites (tertiary alicyclic amines) is 1. The molecular weight excluding hydrogens is 238 g/mol. The summed E-state index contributed by atoms with van der Waals surface area (Å²) in [7, 11) is 0. The van der Waals surface area contributed by atoms with E-state index < -0.39 is 0 Å². The monoisotopic (exact) mass is 263 g/mol. The summed E-state index contributed by atoms with van der Waals surface area (Å²) < 4.78 is 0. The van der Waals surface area contributed by atoms with Crippen LogP contribution in [0.15, 0.2) is 12.3 Å². The van der Waals surface area contributed by atoms with Gasteiger partial charge in [0.2, 0.25) is 5.95 Å². The topological polar surface area (TPSA) is 53.1 Å². The molecular formula is C14H25N5. The molecule has 0 atom stereocenters. The summed E-state index contributed by atoms with van der Waals surface area (Å²) >= 11 is 0. The number of hydrogen-bond donors (Lipinski definition) is 2. The van der Waals surface area contributed by atoms with Gasteiger partial charge in [-0.05, 0) is 38.8 Å². The summed E-state index contributed by atoms with van der Waals surface area (Å²) in [6.45, 7) is 8.75. The first-order chi connectivity index (χ1) is 9.31. The van der Waals surface area contributed by atoms with Crippen LogP contribution in [0.5, 0.6) is 0 Å². The largest absolute Gasteiger partial charge is 0.367 e. The molecule has 2 rings (SSSR count). The molecule has 2 N–H and O–H groups in total. The number of aromatic nitrogens is 2. The number of nitrogens with one attached hydrogen (secondary N) is 2. The SMILES string of the molecule is CCCN1CCC(Nc2ccnc(NCC)n2)CC1. The second kappa shape index (κ2) is 7.28. The average molecular weight is 263 g/mol. The second-order valence-electron chi connectivity index (χ2n) is 5.06. The number of hydrogen-bond acceptors (Lipinski definition) is 5. The predicted molar refractivity (Wildman–Crippen MR) is 79.6 cm³/mol. The molecule has 5 nitrogen and oxygen atoms in total. The van der Waals surface area contributed by atoms with E-state index in [1.165, 1.54) is 38.9 Å². The summed E-state index contributed by atoms with van der Waals surface area (Å²) in [4.78, 5) is 11.2. The minimum Gasteiger partial charge on any atom is -0.367 e. The first kappa shape index (κ1) is 14.1. The van der Waals surface area contributed by atoms with Crippen molar-refractivity contribution in [1.82, 2.24) is 14.9 Å². The summed E-state index contributed by atoms with van der Waals surface area (Å²) in [5.41, 5.74) is 0. The van der Waals surface area contributed by atoms with Crippen LogP contribution >= 0.6 is 0 Å². The van der Waals surface area contributed by atoms with Crippen LogP contribution in [0.1, 0.15) is 33.1 Å². The minimum absolute atomic E-state index is 0.539. The molecule has 2 heterocycles. The van der Waals surface area contributed by atoms with Gasteiger partial charge < -0.3 is 15.5 Å². The Kier molecular flexibility index (Phi) is 5.39. The van der Waals surface area contributed by atoms with Crippen molar-refractivity contribution in [2.45, 2.75) is 39.2 Å². The maximum absolute atomic E-state index is 4.47. The van der Waals surface area contributed by atoms with Gasteiger partial charge in [-0.3, -0.25) is 0 Å². The highest BCUT2D eigenvalue weighted by molar-refractivity contribution is 5.40. The number of rotatable bonds is 6. The molecule has 0 unspecified atom stereocenters. The minimum atomic E-state index is 0.539. The fraction of sp³-hybridized carbons (Fsp3) is 0.714. The number of piperidine rings is 1. The molecule has 0 saturated carbocycles. The molecule has 1 aromatic rings. The van der Waals surface area contributed by atoms with Gasteiger partial charge in [-0.1, -0.05) is 6.92 Å². The fourth-order valence-electron chi connectivity index (χ4n) is 2.51. The van der Waals surface area contributed by atoms with E-state index in [9.17, 15) is 0 Å². The maximum Gasteiger partial charge on any atom is 0.224 e. The zero-order valence-corrected chi connectivity index (χ0v) is 12.0. The zero-order valence-electron chi connectivity index (χ0n) is 12.0. The van der Waals surface area contributed by atoms with Crippen molar-refractivity contribution in [3.8, 4) is 0 Å². The second-order valence-corrected chi connectivity index (χ2v) is 5.06. The molecule has 5 heteroatoms. The maximum atomic E-state index is 4.47.